The molecule has 37 heavy (non-hydrogen) atoms. The molecule has 0 saturated carbocycles. The summed E-state index contributed by atoms with van der Waals surface area (Å²) in [5.74, 6) is 0.164. The van der Waals surface area contributed by atoms with Crippen LogP contribution in [0.2, 0.25) is 0 Å². The number of halogens is 2. The van der Waals surface area contributed by atoms with Gasteiger partial charge in [-0.25, -0.2) is 13.5 Å². The third-order valence-corrected chi connectivity index (χ3v) is 6.47. The first-order valence-corrected chi connectivity index (χ1v) is 12.2. The minimum atomic E-state index is -0.628. The summed E-state index contributed by atoms with van der Waals surface area (Å²) < 4.78 is 29.5. The lowest BCUT2D eigenvalue weighted by Gasteiger charge is -2.23. The van der Waals surface area contributed by atoms with Gasteiger partial charge in [0.25, 0.3) is 0 Å². The van der Waals surface area contributed by atoms with Crippen molar-refractivity contribution < 1.29 is 8.78 Å². The Balaban J connectivity index is 1.34. The van der Waals surface area contributed by atoms with Crippen LogP contribution in [0.3, 0.4) is 0 Å². The molecule has 9 nitrogen and oxygen atoms in total. The number of hydrogen-bond acceptors (Lipinski definition) is 7. The van der Waals surface area contributed by atoms with E-state index in [1.807, 2.05) is 41.1 Å². The predicted octanol–water partition coefficient (Wildman–Crippen LogP) is 4.77. The Kier molecular flexibility index (Phi) is 6.19. The van der Waals surface area contributed by atoms with Crippen molar-refractivity contribution >= 4 is 28.6 Å². The molecular formula is C26H25F2N9. The molecule has 6 rings (SSSR count). The second kappa shape index (κ2) is 9.94. The summed E-state index contributed by atoms with van der Waals surface area (Å²) in [6.45, 7) is 1.92. The van der Waals surface area contributed by atoms with Crippen LogP contribution in [0.1, 0.15) is 24.4 Å². The summed E-state index contributed by atoms with van der Waals surface area (Å²) in [4.78, 5) is 9.37. The van der Waals surface area contributed by atoms with Crippen molar-refractivity contribution in [1.82, 2.24) is 35.3 Å². The number of rotatable bonds is 7. The lowest BCUT2D eigenvalue weighted by molar-refractivity contribution is 0.350. The fourth-order valence-electron chi connectivity index (χ4n) is 4.53. The normalized spacial score (nSPS) is 14.2. The van der Waals surface area contributed by atoms with Crippen molar-refractivity contribution in [3.05, 3.63) is 78.0 Å². The third-order valence-electron chi connectivity index (χ3n) is 6.47. The number of H-pyrrole nitrogens is 1. The van der Waals surface area contributed by atoms with Crippen molar-refractivity contribution in [2.45, 2.75) is 25.4 Å². The summed E-state index contributed by atoms with van der Waals surface area (Å²) in [6, 6.07) is 15.5. The number of nitrogens with zero attached hydrogens (tertiary/aromatic N) is 5. The first-order chi connectivity index (χ1) is 18.1. The first-order valence-electron chi connectivity index (χ1n) is 12.2. The van der Waals surface area contributed by atoms with Gasteiger partial charge in [-0.1, -0.05) is 36.4 Å². The van der Waals surface area contributed by atoms with Gasteiger partial charge in [0.1, 0.15) is 17.5 Å². The summed E-state index contributed by atoms with van der Waals surface area (Å²) in [7, 11) is 0. The van der Waals surface area contributed by atoms with Gasteiger partial charge in [0.05, 0.1) is 23.3 Å². The Morgan fingerprint density at radius 1 is 1.00 bits per heavy atom. The Morgan fingerprint density at radius 3 is 2.65 bits per heavy atom. The zero-order valence-electron chi connectivity index (χ0n) is 19.9. The maximum Gasteiger partial charge on any atom is 0.227 e. The third kappa shape index (κ3) is 4.85. The summed E-state index contributed by atoms with van der Waals surface area (Å²) in [5, 5.41) is 22.6. The van der Waals surface area contributed by atoms with Crippen LogP contribution in [0.5, 0.6) is 0 Å². The van der Waals surface area contributed by atoms with Gasteiger partial charge in [0.15, 0.2) is 11.5 Å². The molecule has 3 aromatic heterocycles. The predicted molar refractivity (Wildman–Crippen MR) is 137 cm³/mol. The van der Waals surface area contributed by atoms with Gasteiger partial charge in [-0.2, -0.15) is 20.2 Å². The SMILES string of the molecule is Fc1ccc(CNc2nc(Nc3cc(-c4ccccc4)[nH]n3)c3cnn(C4CCNCC4)c3n2)c(F)c1. The number of nitrogens with one attached hydrogen (secondary N) is 4. The molecule has 4 N–H and O–H groups in total. The van der Waals surface area contributed by atoms with Gasteiger partial charge in [-0.15, -0.1) is 0 Å². The molecule has 1 aliphatic heterocycles. The van der Waals surface area contributed by atoms with E-state index in [0.717, 1.165) is 48.6 Å². The average Bonchev–Trinajstić information content (AvgIpc) is 3.57. The van der Waals surface area contributed by atoms with Crippen LogP contribution in [0.15, 0.2) is 60.8 Å². The van der Waals surface area contributed by atoms with E-state index in [0.29, 0.717) is 28.8 Å². The van der Waals surface area contributed by atoms with Gasteiger partial charge >= 0.3 is 0 Å². The smallest absolute Gasteiger partial charge is 0.227 e. The molecule has 188 valence electrons. The van der Waals surface area contributed by atoms with E-state index in [2.05, 4.69) is 36.2 Å². The van der Waals surface area contributed by atoms with Crippen LogP contribution in [0.25, 0.3) is 22.3 Å². The van der Waals surface area contributed by atoms with Gasteiger partial charge in [-0.05, 0) is 37.6 Å². The van der Waals surface area contributed by atoms with E-state index in [4.69, 9.17) is 4.98 Å². The van der Waals surface area contributed by atoms with Crippen LogP contribution in [0.4, 0.5) is 26.4 Å². The number of piperidine rings is 1. The Bertz CT molecular complexity index is 1520. The molecule has 0 atom stereocenters. The van der Waals surface area contributed by atoms with E-state index >= 15 is 0 Å². The Hall–Kier alpha value is -4.38. The van der Waals surface area contributed by atoms with Gasteiger partial charge in [0, 0.05) is 24.2 Å². The highest BCUT2D eigenvalue weighted by molar-refractivity contribution is 5.89. The number of aromatic amines is 1. The van der Waals surface area contributed by atoms with Crippen molar-refractivity contribution in [3.63, 3.8) is 0 Å². The molecule has 0 bridgehead atoms. The van der Waals surface area contributed by atoms with Crippen LogP contribution in [0, 0.1) is 11.6 Å². The van der Waals surface area contributed by atoms with Crippen molar-refractivity contribution in [2.75, 3.05) is 23.7 Å². The highest BCUT2D eigenvalue weighted by Gasteiger charge is 2.21. The number of aromatic nitrogens is 6. The number of fused-ring (bicyclic) bond motifs is 1. The maximum absolute atomic E-state index is 14.2. The molecule has 5 aromatic rings. The second-order valence-electron chi connectivity index (χ2n) is 8.95. The van der Waals surface area contributed by atoms with E-state index in [-0.39, 0.29) is 12.6 Å². The topological polar surface area (TPSA) is 108 Å². The summed E-state index contributed by atoms with van der Waals surface area (Å²) in [5.41, 5.74) is 2.86. The molecule has 0 spiro atoms. The lowest BCUT2D eigenvalue weighted by atomic mass is 10.1. The van der Waals surface area contributed by atoms with E-state index in [1.165, 1.54) is 12.1 Å². The van der Waals surface area contributed by atoms with Gasteiger partial charge in [-0.3, -0.25) is 5.10 Å². The molecule has 2 aromatic carbocycles. The largest absolute Gasteiger partial charge is 0.350 e. The van der Waals surface area contributed by atoms with Gasteiger partial charge < -0.3 is 16.0 Å². The van der Waals surface area contributed by atoms with Crippen molar-refractivity contribution in [1.29, 1.82) is 0 Å². The average molecular weight is 502 g/mol. The zero-order chi connectivity index (χ0) is 25.2. The van der Waals surface area contributed by atoms with Crippen LogP contribution in [-0.2, 0) is 6.54 Å². The quantitative estimate of drug-likeness (QED) is 0.254. The van der Waals surface area contributed by atoms with Crippen molar-refractivity contribution in [3.8, 4) is 11.3 Å². The zero-order valence-corrected chi connectivity index (χ0v) is 19.9. The molecule has 1 fully saturated rings. The van der Waals surface area contributed by atoms with Gasteiger partial charge in [0.2, 0.25) is 5.95 Å². The fraction of sp³-hybridized carbons (Fsp3) is 0.231. The van der Waals surface area contributed by atoms with Crippen LogP contribution < -0.4 is 16.0 Å². The Morgan fingerprint density at radius 2 is 1.84 bits per heavy atom. The fourth-order valence-corrected chi connectivity index (χ4v) is 4.53. The number of hydrogen-bond donors (Lipinski definition) is 4. The standard InChI is InChI=1S/C26H25F2N9/c27-18-7-6-17(21(28)12-18)14-30-26-33-24(32-23-13-22(35-36-23)16-4-2-1-3-5-16)20-15-31-37(25(20)34-26)19-8-10-29-11-9-19/h1-7,12-13,15,19,29H,8-11,14H2,(H3,30,32,33,34,35,36). The highest BCUT2D eigenvalue weighted by atomic mass is 19.1. The van der Waals surface area contributed by atoms with Crippen LogP contribution in [-0.4, -0.2) is 43.0 Å². The Labute approximate surface area is 211 Å². The molecule has 0 amide bonds. The molecule has 0 radical (unpaired) electrons. The second-order valence-corrected chi connectivity index (χ2v) is 8.95. The monoisotopic (exact) mass is 501 g/mol. The number of anilines is 3. The van der Waals surface area contributed by atoms with Crippen molar-refractivity contribution in [2.24, 2.45) is 0 Å². The maximum atomic E-state index is 14.2. The summed E-state index contributed by atoms with van der Waals surface area (Å²) in [6.07, 6.45) is 3.63. The van der Waals surface area contributed by atoms with Crippen LogP contribution >= 0.6 is 0 Å². The van der Waals surface area contributed by atoms with E-state index < -0.39 is 11.6 Å². The molecule has 4 heterocycles. The van der Waals surface area contributed by atoms with E-state index in [1.54, 1.807) is 6.20 Å². The molecule has 0 aliphatic carbocycles. The molecule has 0 unspecified atom stereocenters. The summed E-state index contributed by atoms with van der Waals surface area (Å²) >= 11 is 0. The lowest BCUT2D eigenvalue weighted by Crippen LogP contribution is -2.30. The minimum absolute atomic E-state index is 0.0963. The molecule has 1 aliphatic rings. The minimum Gasteiger partial charge on any atom is -0.350 e. The van der Waals surface area contributed by atoms with E-state index in [9.17, 15) is 8.78 Å². The highest BCUT2D eigenvalue weighted by Crippen LogP contribution is 2.30. The molecule has 11 heteroatoms. The first kappa shape index (κ1) is 23.0. The molecular weight excluding hydrogens is 476 g/mol. The molecule has 1 saturated heterocycles. The number of benzene rings is 2.